The van der Waals surface area contributed by atoms with Crippen molar-refractivity contribution in [2.24, 2.45) is 7.05 Å². The molecule has 0 bridgehead atoms. The van der Waals surface area contributed by atoms with Crippen molar-refractivity contribution in [3.8, 4) is 11.3 Å². The molecule has 2 amide bonds. The average Bonchev–Trinajstić information content (AvgIpc) is 3.60. The molecular weight excluding hydrogens is 497 g/mol. The number of piperidine rings is 1. The second-order valence-corrected chi connectivity index (χ2v) is 8.80. The molecule has 198 valence electrons. The van der Waals surface area contributed by atoms with Crippen LogP contribution in [0.25, 0.3) is 11.3 Å². The van der Waals surface area contributed by atoms with E-state index in [-0.39, 0.29) is 11.8 Å². The van der Waals surface area contributed by atoms with Gasteiger partial charge in [0.1, 0.15) is 11.4 Å². The van der Waals surface area contributed by atoms with Crippen molar-refractivity contribution in [2.45, 2.75) is 38.0 Å². The first-order chi connectivity index (χ1) is 17.4. The van der Waals surface area contributed by atoms with Crippen LogP contribution in [0.2, 0.25) is 0 Å². The van der Waals surface area contributed by atoms with Crippen molar-refractivity contribution in [2.75, 3.05) is 19.6 Å². The summed E-state index contributed by atoms with van der Waals surface area (Å²) in [4.78, 5) is 42.7. The third kappa shape index (κ3) is 4.95. The minimum atomic E-state index is -5.08. The van der Waals surface area contributed by atoms with Crippen molar-refractivity contribution in [1.82, 2.24) is 29.1 Å². The number of carbonyl (C=O) groups is 3. The molecule has 2 aliphatic rings. The molecule has 0 atom stereocenters. The van der Waals surface area contributed by atoms with Crippen LogP contribution < -0.4 is 0 Å². The Kier molecular flexibility index (Phi) is 6.84. The fraction of sp³-hybridized carbons (Fsp3) is 0.435. The lowest BCUT2D eigenvalue weighted by molar-refractivity contribution is -0.192. The summed E-state index contributed by atoms with van der Waals surface area (Å²) >= 11 is 0. The Morgan fingerprint density at radius 2 is 1.78 bits per heavy atom. The first-order valence-electron chi connectivity index (χ1n) is 11.4. The van der Waals surface area contributed by atoms with Crippen LogP contribution in [0.3, 0.4) is 0 Å². The molecule has 3 aromatic rings. The number of aromatic nitrogens is 4. The number of likely N-dealkylation sites (tertiary alicyclic amines) is 1. The molecule has 14 heteroatoms. The van der Waals surface area contributed by atoms with E-state index >= 15 is 0 Å². The summed E-state index contributed by atoms with van der Waals surface area (Å²) in [6.45, 7) is 4.01. The van der Waals surface area contributed by atoms with Gasteiger partial charge in [0.2, 0.25) is 5.91 Å². The zero-order chi connectivity index (χ0) is 27.0. The quantitative estimate of drug-likeness (QED) is 0.548. The molecule has 37 heavy (non-hydrogen) atoms. The summed E-state index contributed by atoms with van der Waals surface area (Å²) in [5.74, 6) is -1.59. The number of aliphatic carboxylic acids is 1. The molecule has 0 aromatic carbocycles. The van der Waals surface area contributed by atoms with Crippen molar-refractivity contribution >= 4 is 17.8 Å². The maximum absolute atomic E-state index is 12.7. The summed E-state index contributed by atoms with van der Waals surface area (Å²) in [6.07, 6.45) is 3.38. The van der Waals surface area contributed by atoms with Gasteiger partial charge in [0, 0.05) is 51.9 Å². The smallest absolute Gasteiger partial charge is 0.475 e. The number of halogens is 3. The van der Waals surface area contributed by atoms with E-state index in [9.17, 15) is 22.8 Å². The normalized spacial score (nSPS) is 16.7. The lowest BCUT2D eigenvalue weighted by Crippen LogP contribution is -2.59. The van der Waals surface area contributed by atoms with Gasteiger partial charge in [-0.1, -0.05) is 0 Å². The van der Waals surface area contributed by atoms with E-state index < -0.39 is 17.7 Å². The van der Waals surface area contributed by atoms with Crippen LogP contribution >= 0.6 is 0 Å². The van der Waals surface area contributed by atoms with Gasteiger partial charge in [-0.2, -0.15) is 18.3 Å². The number of furan rings is 1. The zero-order valence-electron chi connectivity index (χ0n) is 20.1. The van der Waals surface area contributed by atoms with Crippen LogP contribution in [0, 0.1) is 0 Å². The molecule has 5 rings (SSSR count). The van der Waals surface area contributed by atoms with Crippen molar-refractivity contribution in [3.63, 3.8) is 0 Å². The van der Waals surface area contributed by atoms with Crippen LogP contribution in [-0.4, -0.2) is 77.8 Å². The van der Waals surface area contributed by atoms with Crippen LogP contribution in [0.4, 0.5) is 13.2 Å². The number of carboxylic acid groups (broad SMARTS) is 1. The van der Waals surface area contributed by atoms with Gasteiger partial charge < -0.3 is 23.9 Å². The third-order valence-electron chi connectivity index (χ3n) is 6.57. The molecule has 1 N–H and O–H groups in total. The lowest BCUT2D eigenvalue weighted by atomic mass is 9.83. The van der Waals surface area contributed by atoms with Crippen molar-refractivity contribution in [3.05, 3.63) is 48.6 Å². The van der Waals surface area contributed by atoms with E-state index in [0.717, 1.165) is 17.1 Å². The van der Waals surface area contributed by atoms with Gasteiger partial charge in [0.25, 0.3) is 5.91 Å². The van der Waals surface area contributed by atoms with E-state index in [2.05, 4.69) is 9.67 Å². The topological polar surface area (TPSA) is 127 Å². The molecule has 0 radical (unpaired) electrons. The van der Waals surface area contributed by atoms with Gasteiger partial charge in [-0.05, 0) is 25.0 Å². The number of fused-ring (bicyclic) bond motifs is 2. The number of aryl methyl sites for hydroxylation is 1. The van der Waals surface area contributed by atoms with E-state index in [4.69, 9.17) is 19.3 Å². The Hall–Kier alpha value is -4.10. The maximum Gasteiger partial charge on any atom is 0.490 e. The minimum Gasteiger partial charge on any atom is -0.475 e. The number of carboxylic acids is 1. The van der Waals surface area contributed by atoms with E-state index in [1.54, 1.807) is 28.6 Å². The van der Waals surface area contributed by atoms with Crippen molar-refractivity contribution < 1.29 is 37.1 Å². The number of alkyl halides is 3. The molecule has 1 fully saturated rings. The van der Waals surface area contributed by atoms with E-state index in [1.165, 1.54) is 6.26 Å². The molecule has 0 saturated carbocycles. The number of nitrogens with zero attached hydrogens (tertiary/aromatic N) is 6. The number of carbonyl (C=O) groups excluding carboxylic acids is 2. The van der Waals surface area contributed by atoms with Gasteiger partial charge in [-0.15, -0.1) is 0 Å². The molecule has 1 saturated heterocycles. The predicted octanol–water partition coefficient (Wildman–Crippen LogP) is 2.50. The Labute approximate surface area is 209 Å². The number of amides is 2. The monoisotopic (exact) mass is 522 g/mol. The van der Waals surface area contributed by atoms with Gasteiger partial charge in [0.05, 0.1) is 24.4 Å². The highest BCUT2D eigenvalue weighted by atomic mass is 19.4. The van der Waals surface area contributed by atoms with Crippen LogP contribution in [-0.2, 0) is 28.7 Å². The molecule has 1 spiro atoms. The van der Waals surface area contributed by atoms with E-state index in [0.29, 0.717) is 44.8 Å². The molecule has 0 unspecified atom stereocenters. The zero-order valence-corrected chi connectivity index (χ0v) is 20.1. The lowest BCUT2D eigenvalue weighted by Gasteiger charge is -2.50. The van der Waals surface area contributed by atoms with Crippen LogP contribution in [0.5, 0.6) is 0 Å². The Bertz CT molecular complexity index is 1290. The summed E-state index contributed by atoms with van der Waals surface area (Å²) in [7, 11) is 1.89. The Morgan fingerprint density at radius 1 is 1.11 bits per heavy atom. The largest absolute Gasteiger partial charge is 0.490 e. The summed E-state index contributed by atoms with van der Waals surface area (Å²) in [5.41, 5.74) is 1.51. The number of hydrogen-bond acceptors (Lipinski definition) is 6. The number of rotatable bonds is 2. The molecule has 5 heterocycles. The van der Waals surface area contributed by atoms with E-state index in [1.807, 2.05) is 30.5 Å². The number of imidazole rings is 1. The first-order valence-corrected chi connectivity index (χ1v) is 11.4. The highest BCUT2D eigenvalue weighted by molar-refractivity contribution is 5.91. The Balaban J connectivity index is 0.000000405. The van der Waals surface area contributed by atoms with Crippen LogP contribution in [0.15, 0.2) is 41.4 Å². The van der Waals surface area contributed by atoms with Gasteiger partial charge in [0.15, 0.2) is 5.76 Å². The summed E-state index contributed by atoms with van der Waals surface area (Å²) in [6, 6.07) is 3.40. The molecule has 2 aliphatic heterocycles. The van der Waals surface area contributed by atoms with Gasteiger partial charge in [-0.3, -0.25) is 14.3 Å². The Morgan fingerprint density at radius 3 is 2.30 bits per heavy atom. The summed E-state index contributed by atoms with van der Waals surface area (Å²) < 4.78 is 41.0. The summed E-state index contributed by atoms with van der Waals surface area (Å²) in [5, 5.41) is 11.4. The predicted molar refractivity (Wildman–Crippen MR) is 121 cm³/mol. The second kappa shape index (κ2) is 9.75. The molecule has 0 aliphatic carbocycles. The van der Waals surface area contributed by atoms with Crippen LogP contribution in [0.1, 0.15) is 36.1 Å². The first kappa shape index (κ1) is 26.0. The second-order valence-electron chi connectivity index (χ2n) is 8.80. The maximum atomic E-state index is 12.7. The fourth-order valence-electron chi connectivity index (χ4n) is 4.88. The highest BCUT2D eigenvalue weighted by Crippen LogP contribution is 2.42. The minimum absolute atomic E-state index is 0.0398. The fourth-order valence-corrected chi connectivity index (χ4v) is 4.88. The standard InChI is InChI=1S/C21H24N6O3.C2HF3O2/c1-15(28)27-10-9-26-17(16-12-23-24(2)14-16)13-22-20(26)21(27)5-7-25(8-6-21)19(29)18-4-3-11-30-18;3-2(4,5)1(6)7/h3-4,11-14H,5-10H2,1-2H3;(H,6,7). The average molecular weight is 522 g/mol. The third-order valence-corrected chi connectivity index (χ3v) is 6.57. The highest BCUT2D eigenvalue weighted by Gasteiger charge is 2.49. The molecular formula is C23H25F3N6O5. The molecule has 3 aromatic heterocycles. The van der Waals surface area contributed by atoms with Gasteiger partial charge in [-0.25, -0.2) is 9.78 Å². The molecule has 11 nitrogen and oxygen atoms in total. The number of hydrogen-bond donors (Lipinski definition) is 1. The van der Waals surface area contributed by atoms with Gasteiger partial charge >= 0.3 is 12.1 Å². The SMILES string of the molecule is CC(=O)N1CCn2c(-c3cnn(C)c3)cnc2C12CCN(C(=O)c1ccco1)CC2.O=C(O)C(F)(F)F. The van der Waals surface area contributed by atoms with Crippen molar-refractivity contribution in [1.29, 1.82) is 0 Å².